The highest BCUT2D eigenvalue weighted by atomic mass is 35.5. The first-order valence-electron chi connectivity index (χ1n) is 9.46. The Labute approximate surface area is 176 Å². The van der Waals surface area contributed by atoms with Crippen LogP contribution >= 0.6 is 11.6 Å². The fourth-order valence-electron chi connectivity index (χ4n) is 2.93. The molecular formula is C19H27ClN2O6S. The normalized spacial score (nSPS) is 21.4. The van der Waals surface area contributed by atoms with Crippen LogP contribution in [0.15, 0.2) is 23.1 Å². The van der Waals surface area contributed by atoms with Crippen molar-refractivity contribution in [3.8, 4) is 0 Å². The highest BCUT2D eigenvalue weighted by Crippen LogP contribution is 2.28. The molecule has 1 fully saturated rings. The van der Waals surface area contributed by atoms with E-state index in [2.05, 4.69) is 5.32 Å². The van der Waals surface area contributed by atoms with Crippen molar-refractivity contribution >= 4 is 33.5 Å². The molecule has 0 aliphatic carbocycles. The minimum atomic E-state index is -3.93. The molecule has 0 saturated carbocycles. The number of esters is 1. The third-order valence-electron chi connectivity index (χ3n) is 4.52. The lowest BCUT2D eigenvalue weighted by Gasteiger charge is -2.34. The van der Waals surface area contributed by atoms with Gasteiger partial charge in [-0.2, -0.15) is 4.31 Å². The Morgan fingerprint density at radius 3 is 2.52 bits per heavy atom. The lowest BCUT2D eigenvalue weighted by atomic mass is 10.2. The molecule has 1 aromatic carbocycles. The molecule has 2 rings (SSSR count). The van der Waals surface area contributed by atoms with Gasteiger partial charge in [0.25, 0.3) is 5.91 Å². The second-order valence-electron chi connectivity index (χ2n) is 7.18. The topological polar surface area (TPSA) is 102 Å². The Morgan fingerprint density at radius 2 is 1.93 bits per heavy atom. The van der Waals surface area contributed by atoms with Crippen molar-refractivity contribution in [2.75, 3.05) is 19.7 Å². The van der Waals surface area contributed by atoms with E-state index in [0.717, 1.165) is 6.42 Å². The van der Waals surface area contributed by atoms with E-state index >= 15 is 0 Å². The summed E-state index contributed by atoms with van der Waals surface area (Å²) in [5.74, 6) is -1.23. The van der Waals surface area contributed by atoms with Gasteiger partial charge < -0.3 is 14.8 Å². The van der Waals surface area contributed by atoms with Crippen molar-refractivity contribution in [3.05, 3.63) is 28.8 Å². The number of ether oxygens (including phenoxy) is 2. The van der Waals surface area contributed by atoms with Gasteiger partial charge in [-0.1, -0.05) is 18.5 Å². The number of amides is 1. The average Bonchev–Trinajstić information content (AvgIpc) is 2.65. The molecule has 0 aromatic heterocycles. The molecule has 1 aliphatic rings. The van der Waals surface area contributed by atoms with Crippen LogP contribution in [0.3, 0.4) is 0 Å². The molecule has 8 nitrogen and oxygen atoms in total. The van der Waals surface area contributed by atoms with Crippen molar-refractivity contribution < 1.29 is 27.5 Å². The third-order valence-corrected chi connectivity index (χ3v) is 6.84. The van der Waals surface area contributed by atoms with E-state index in [4.69, 9.17) is 21.1 Å². The van der Waals surface area contributed by atoms with Crippen LogP contribution in [0.25, 0.3) is 0 Å². The summed E-state index contributed by atoms with van der Waals surface area (Å²) in [7, 11) is -3.93. The number of nitrogens with zero attached hydrogens (tertiary/aromatic N) is 1. The number of carbonyl (C=O) groups is 2. The van der Waals surface area contributed by atoms with E-state index in [1.807, 2.05) is 13.8 Å². The van der Waals surface area contributed by atoms with Gasteiger partial charge in [0, 0.05) is 19.1 Å². The maximum absolute atomic E-state index is 13.1. The molecule has 10 heteroatoms. The summed E-state index contributed by atoms with van der Waals surface area (Å²) in [6.45, 7) is 7.26. The number of sulfonamides is 1. The van der Waals surface area contributed by atoms with Gasteiger partial charge in [0.15, 0.2) is 6.61 Å². The summed E-state index contributed by atoms with van der Waals surface area (Å²) >= 11 is 6.12. The molecule has 29 heavy (non-hydrogen) atoms. The molecule has 0 bridgehead atoms. The van der Waals surface area contributed by atoms with E-state index < -0.39 is 28.5 Å². The van der Waals surface area contributed by atoms with Crippen molar-refractivity contribution in [1.82, 2.24) is 9.62 Å². The van der Waals surface area contributed by atoms with Gasteiger partial charge in [0.2, 0.25) is 10.0 Å². The van der Waals surface area contributed by atoms with E-state index in [0.29, 0.717) is 0 Å². The van der Waals surface area contributed by atoms with Crippen LogP contribution < -0.4 is 5.32 Å². The average molecular weight is 447 g/mol. The standard InChI is InChI=1S/C19H27ClN2O6S/c1-5-12(2)21-18(23)11-27-19(24)15-6-7-16(20)17(8-15)29(25,26)22-9-13(3)28-14(4)10-22/h6-8,12-14H,5,9-11H2,1-4H3,(H,21,23). The number of benzene rings is 1. The van der Waals surface area contributed by atoms with Gasteiger partial charge in [-0.25, -0.2) is 13.2 Å². The van der Waals surface area contributed by atoms with Crippen LogP contribution in [0.2, 0.25) is 5.02 Å². The number of hydrogen-bond donors (Lipinski definition) is 1. The van der Waals surface area contributed by atoms with Gasteiger partial charge >= 0.3 is 5.97 Å². The fraction of sp³-hybridized carbons (Fsp3) is 0.579. The Morgan fingerprint density at radius 1 is 1.31 bits per heavy atom. The molecule has 3 unspecified atom stereocenters. The van der Waals surface area contributed by atoms with E-state index in [-0.39, 0.29) is 46.8 Å². The Bertz CT molecular complexity index is 850. The second kappa shape index (κ2) is 9.88. The first-order chi connectivity index (χ1) is 13.5. The molecule has 0 spiro atoms. The Kier molecular flexibility index (Phi) is 8.04. The fourth-order valence-corrected chi connectivity index (χ4v) is 5.02. The number of morpholine rings is 1. The quantitative estimate of drug-likeness (QED) is 0.644. The zero-order valence-corrected chi connectivity index (χ0v) is 18.5. The van der Waals surface area contributed by atoms with Crippen molar-refractivity contribution in [1.29, 1.82) is 0 Å². The van der Waals surface area contributed by atoms with Crippen LogP contribution in [-0.4, -0.2) is 62.5 Å². The Balaban J connectivity index is 2.16. The van der Waals surface area contributed by atoms with E-state index in [9.17, 15) is 18.0 Å². The number of carbonyl (C=O) groups excluding carboxylic acids is 2. The summed E-state index contributed by atoms with van der Waals surface area (Å²) < 4.78 is 38.0. The number of rotatable bonds is 7. The largest absolute Gasteiger partial charge is 0.452 e. The van der Waals surface area contributed by atoms with Crippen LogP contribution in [0.4, 0.5) is 0 Å². The first kappa shape index (κ1) is 23.6. The lowest BCUT2D eigenvalue weighted by molar-refractivity contribution is -0.124. The van der Waals surface area contributed by atoms with Crippen LogP contribution in [0.1, 0.15) is 44.5 Å². The van der Waals surface area contributed by atoms with Crippen LogP contribution in [0.5, 0.6) is 0 Å². The van der Waals surface area contributed by atoms with Crippen molar-refractivity contribution in [2.24, 2.45) is 0 Å². The maximum atomic E-state index is 13.1. The Hall–Kier alpha value is -1.68. The smallest absolute Gasteiger partial charge is 0.338 e. The summed E-state index contributed by atoms with van der Waals surface area (Å²) in [6.07, 6.45) is 0.227. The molecular weight excluding hydrogens is 420 g/mol. The molecule has 1 saturated heterocycles. The van der Waals surface area contributed by atoms with E-state index in [1.165, 1.54) is 22.5 Å². The second-order valence-corrected chi connectivity index (χ2v) is 9.49. The lowest BCUT2D eigenvalue weighted by Crippen LogP contribution is -2.48. The summed E-state index contributed by atoms with van der Waals surface area (Å²) in [5, 5.41) is 2.68. The zero-order valence-electron chi connectivity index (χ0n) is 17.0. The van der Waals surface area contributed by atoms with Crippen molar-refractivity contribution in [2.45, 2.75) is 57.3 Å². The molecule has 162 valence electrons. The van der Waals surface area contributed by atoms with Crippen molar-refractivity contribution in [3.63, 3.8) is 0 Å². The molecule has 3 atom stereocenters. The molecule has 1 heterocycles. The molecule has 0 radical (unpaired) electrons. The monoisotopic (exact) mass is 446 g/mol. The van der Waals surface area contributed by atoms with Crippen LogP contribution in [0, 0.1) is 0 Å². The zero-order chi connectivity index (χ0) is 21.8. The summed E-state index contributed by atoms with van der Waals surface area (Å²) in [4.78, 5) is 23.9. The third kappa shape index (κ3) is 6.15. The maximum Gasteiger partial charge on any atom is 0.338 e. The predicted octanol–water partition coefficient (Wildman–Crippen LogP) is 2.21. The summed E-state index contributed by atoms with van der Waals surface area (Å²) in [6, 6.07) is 3.84. The minimum Gasteiger partial charge on any atom is -0.452 e. The molecule has 1 aromatic rings. The highest BCUT2D eigenvalue weighted by molar-refractivity contribution is 7.89. The SMILES string of the molecule is CCC(C)NC(=O)COC(=O)c1ccc(Cl)c(S(=O)(=O)N2CC(C)OC(C)C2)c1. The summed E-state index contributed by atoms with van der Waals surface area (Å²) in [5.41, 5.74) is -0.00123. The molecule has 1 N–H and O–H groups in total. The minimum absolute atomic E-state index is 0.00123. The number of halogens is 1. The number of nitrogens with one attached hydrogen (secondary N) is 1. The molecule has 1 aliphatic heterocycles. The molecule has 1 amide bonds. The van der Waals surface area contributed by atoms with Crippen LogP contribution in [-0.2, 0) is 24.3 Å². The highest BCUT2D eigenvalue weighted by Gasteiger charge is 2.34. The van der Waals surface area contributed by atoms with Gasteiger partial charge in [-0.05, 0) is 45.4 Å². The van der Waals surface area contributed by atoms with Gasteiger partial charge in [-0.3, -0.25) is 4.79 Å². The van der Waals surface area contributed by atoms with Gasteiger partial charge in [0.1, 0.15) is 4.90 Å². The number of hydrogen-bond acceptors (Lipinski definition) is 6. The van der Waals surface area contributed by atoms with Gasteiger partial charge in [0.05, 0.1) is 22.8 Å². The van der Waals surface area contributed by atoms with E-state index in [1.54, 1.807) is 13.8 Å². The van der Waals surface area contributed by atoms with Gasteiger partial charge in [-0.15, -0.1) is 0 Å². The first-order valence-corrected chi connectivity index (χ1v) is 11.3. The predicted molar refractivity (Wildman–Crippen MR) is 108 cm³/mol.